The number of amides is 1. The molecule has 0 fully saturated rings. The van der Waals surface area contributed by atoms with Crippen molar-refractivity contribution in [3.63, 3.8) is 0 Å². The lowest BCUT2D eigenvalue weighted by molar-refractivity contribution is 0.102. The highest BCUT2D eigenvalue weighted by Gasteiger charge is 2.18. The van der Waals surface area contributed by atoms with Crippen LogP contribution in [0.15, 0.2) is 20.0 Å². The Hall–Kier alpha value is -1.89. The SMILES string of the molecule is CCc1noc(C)c1NC(=O)c1c[nH]c(C)c(Br)c1=O. The molecule has 2 aromatic heterocycles. The summed E-state index contributed by atoms with van der Waals surface area (Å²) >= 11 is 3.16. The molecule has 0 spiro atoms. The summed E-state index contributed by atoms with van der Waals surface area (Å²) < 4.78 is 5.39. The fraction of sp³-hybridized carbons (Fsp3) is 0.308. The molecule has 0 saturated heterocycles. The van der Waals surface area contributed by atoms with Gasteiger partial charge in [0.1, 0.15) is 16.9 Å². The molecule has 20 heavy (non-hydrogen) atoms. The van der Waals surface area contributed by atoms with E-state index in [9.17, 15) is 9.59 Å². The van der Waals surface area contributed by atoms with Gasteiger partial charge in [0.25, 0.3) is 5.91 Å². The van der Waals surface area contributed by atoms with Gasteiger partial charge in [0.05, 0.1) is 4.47 Å². The Morgan fingerprint density at radius 1 is 1.50 bits per heavy atom. The maximum Gasteiger partial charge on any atom is 0.261 e. The number of aromatic nitrogens is 2. The standard InChI is InChI=1S/C13H14BrN3O3/c1-4-9-11(7(3)20-17-9)16-13(19)8-5-15-6(2)10(14)12(8)18/h5H,4H2,1-3H3,(H,15,18)(H,16,19). The quantitative estimate of drug-likeness (QED) is 0.899. The van der Waals surface area contributed by atoms with Crippen LogP contribution in [0.3, 0.4) is 0 Å². The minimum atomic E-state index is -0.493. The lowest BCUT2D eigenvalue weighted by Crippen LogP contribution is -2.23. The van der Waals surface area contributed by atoms with Gasteiger partial charge in [0.15, 0.2) is 5.76 Å². The number of anilines is 1. The summed E-state index contributed by atoms with van der Waals surface area (Å²) in [5.41, 5.74) is 1.52. The Morgan fingerprint density at radius 2 is 2.20 bits per heavy atom. The average molecular weight is 340 g/mol. The number of aryl methyl sites for hydroxylation is 3. The normalized spacial score (nSPS) is 10.6. The van der Waals surface area contributed by atoms with Crippen LogP contribution in [-0.2, 0) is 6.42 Å². The first-order chi connectivity index (χ1) is 9.45. The van der Waals surface area contributed by atoms with E-state index in [2.05, 4.69) is 31.4 Å². The summed E-state index contributed by atoms with van der Waals surface area (Å²) in [5.74, 6) is 0.0192. The van der Waals surface area contributed by atoms with Crippen LogP contribution in [0.5, 0.6) is 0 Å². The molecule has 106 valence electrons. The molecule has 0 radical (unpaired) electrons. The van der Waals surface area contributed by atoms with E-state index in [1.54, 1.807) is 13.8 Å². The third-order valence-electron chi connectivity index (χ3n) is 2.96. The number of carbonyl (C=O) groups excluding carboxylic acids is 1. The van der Waals surface area contributed by atoms with Gasteiger partial charge in [0.2, 0.25) is 5.43 Å². The summed E-state index contributed by atoms with van der Waals surface area (Å²) in [5, 5.41) is 6.53. The van der Waals surface area contributed by atoms with E-state index in [0.717, 1.165) is 0 Å². The van der Waals surface area contributed by atoms with Crippen LogP contribution in [0.4, 0.5) is 5.69 Å². The van der Waals surface area contributed by atoms with Crippen molar-refractivity contribution in [1.82, 2.24) is 10.1 Å². The van der Waals surface area contributed by atoms with Crippen molar-refractivity contribution in [2.24, 2.45) is 0 Å². The molecular weight excluding hydrogens is 326 g/mol. The van der Waals surface area contributed by atoms with E-state index in [-0.39, 0.29) is 11.0 Å². The molecule has 0 unspecified atom stereocenters. The fourth-order valence-electron chi connectivity index (χ4n) is 1.77. The molecule has 2 aromatic rings. The second-order valence-corrected chi connectivity index (χ2v) is 5.13. The van der Waals surface area contributed by atoms with Gasteiger partial charge in [-0.1, -0.05) is 12.1 Å². The topological polar surface area (TPSA) is 88.0 Å². The largest absolute Gasteiger partial charge is 0.363 e. The van der Waals surface area contributed by atoms with E-state index in [0.29, 0.717) is 33.7 Å². The summed E-state index contributed by atoms with van der Waals surface area (Å²) in [6.45, 7) is 5.35. The van der Waals surface area contributed by atoms with E-state index in [1.165, 1.54) is 6.20 Å². The third-order valence-corrected chi connectivity index (χ3v) is 3.91. The number of rotatable bonds is 3. The van der Waals surface area contributed by atoms with Gasteiger partial charge in [-0.3, -0.25) is 9.59 Å². The maximum absolute atomic E-state index is 12.2. The Kier molecular flexibility index (Phi) is 4.08. The van der Waals surface area contributed by atoms with Gasteiger partial charge in [-0.05, 0) is 36.2 Å². The predicted molar refractivity (Wildman–Crippen MR) is 78.1 cm³/mol. The molecule has 0 bridgehead atoms. The van der Waals surface area contributed by atoms with Gasteiger partial charge in [-0.25, -0.2) is 0 Å². The minimum Gasteiger partial charge on any atom is -0.363 e. The number of nitrogens with one attached hydrogen (secondary N) is 2. The van der Waals surface area contributed by atoms with Crippen molar-refractivity contribution >= 4 is 27.5 Å². The minimum absolute atomic E-state index is 0.0325. The van der Waals surface area contributed by atoms with Crippen LogP contribution in [0.25, 0.3) is 0 Å². The van der Waals surface area contributed by atoms with Gasteiger partial charge in [0, 0.05) is 11.9 Å². The fourth-order valence-corrected chi connectivity index (χ4v) is 2.09. The molecule has 2 rings (SSSR count). The Bertz CT molecular complexity index is 718. The summed E-state index contributed by atoms with van der Waals surface area (Å²) in [7, 11) is 0. The second-order valence-electron chi connectivity index (χ2n) is 4.34. The molecule has 0 aromatic carbocycles. The maximum atomic E-state index is 12.2. The molecule has 0 aliphatic rings. The second kappa shape index (κ2) is 5.62. The first kappa shape index (κ1) is 14.5. The molecule has 6 nitrogen and oxygen atoms in total. The van der Waals surface area contributed by atoms with Crippen LogP contribution in [0.2, 0.25) is 0 Å². The van der Waals surface area contributed by atoms with Crippen LogP contribution in [0.1, 0.15) is 34.4 Å². The zero-order valence-electron chi connectivity index (χ0n) is 11.3. The third kappa shape index (κ3) is 2.53. The number of nitrogens with zero attached hydrogens (tertiary/aromatic N) is 1. The van der Waals surface area contributed by atoms with Crippen molar-refractivity contribution in [1.29, 1.82) is 0 Å². The van der Waals surface area contributed by atoms with Crippen molar-refractivity contribution in [2.45, 2.75) is 27.2 Å². The predicted octanol–water partition coefficient (Wildman–Crippen LogP) is 2.56. The average Bonchev–Trinajstić information content (AvgIpc) is 2.77. The van der Waals surface area contributed by atoms with Crippen LogP contribution < -0.4 is 10.7 Å². The monoisotopic (exact) mass is 339 g/mol. The van der Waals surface area contributed by atoms with Gasteiger partial charge >= 0.3 is 0 Å². The molecule has 7 heteroatoms. The molecule has 1 amide bonds. The first-order valence-electron chi connectivity index (χ1n) is 6.10. The Balaban J connectivity index is 2.36. The van der Waals surface area contributed by atoms with E-state index >= 15 is 0 Å². The molecule has 0 saturated carbocycles. The lowest BCUT2D eigenvalue weighted by atomic mass is 10.2. The van der Waals surface area contributed by atoms with Crippen LogP contribution >= 0.6 is 15.9 Å². The number of carbonyl (C=O) groups is 1. The lowest BCUT2D eigenvalue weighted by Gasteiger charge is -2.06. The first-order valence-corrected chi connectivity index (χ1v) is 6.89. The van der Waals surface area contributed by atoms with Gasteiger partial charge < -0.3 is 14.8 Å². The number of hydrogen-bond donors (Lipinski definition) is 2. The van der Waals surface area contributed by atoms with E-state index in [1.807, 2.05) is 6.92 Å². The number of H-pyrrole nitrogens is 1. The molecule has 0 aliphatic heterocycles. The zero-order valence-corrected chi connectivity index (χ0v) is 12.9. The highest BCUT2D eigenvalue weighted by molar-refractivity contribution is 9.10. The Morgan fingerprint density at radius 3 is 2.85 bits per heavy atom. The van der Waals surface area contributed by atoms with Crippen molar-refractivity contribution in [2.75, 3.05) is 5.32 Å². The van der Waals surface area contributed by atoms with Crippen LogP contribution in [0, 0.1) is 13.8 Å². The van der Waals surface area contributed by atoms with Crippen molar-refractivity contribution < 1.29 is 9.32 Å². The van der Waals surface area contributed by atoms with E-state index in [4.69, 9.17) is 4.52 Å². The number of aromatic amines is 1. The van der Waals surface area contributed by atoms with E-state index < -0.39 is 5.91 Å². The Labute approximate surface area is 123 Å². The highest BCUT2D eigenvalue weighted by Crippen LogP contribution is 2.21. The van der Waals surface area contributed by atoms with Gasteiger partial charge in [-0.15, -0.1) is 0 Å². The molecule has 2 heterocycles. The van der Waals surface area contributed by atoms with Gasteiger partial charge in [-0.2, -0.15) is 0 Å². The highest BCUT2D eigenvalue weighted by atomic mass is 79.9. The number of halogens is 1. The van der Waals surface area contributed by atoms with Crippen LogP contribution in [-0.4, -0.2) is 16.0 Å². The molecule has 0 aliphatic carbocycles. The summed E-state index contributed by atoms with van der Waals surface area (Å²) in [6, 6.07) is 0. The summed E-state index contributed by atoms with van der Waals surface area (Å²) in [6.07, 6.45) is 2.02. The van der Waals surface area contributed by atoms with Crippen molar-refractivity contribution in [3.8, 4) is 0 Å². The summed E-state index contributed by atoms with van der Waals surface area (Å²) in [4.78, 5) is 27.1. The number of pyridine rings is 1. The molecule has 2 N–H and O–H groups in total. The number of hydrogen-bond acceptors (Lipinski definition) is 4. The molecular formula is C13H14BrN3O3. The smallest absolute Gasteiger partial charge is 0.261 e. The molecule has 0 atom stereocenters. The zero-order chi connectivity index (χ0) is 14.9. The van der Waals surface area contributed by atoms with Crippen molar-refractivity contribution in [3.05, 3.63) is 43.6 Å².